The highest BCUT2D eigenvalue weighted by molar-refractivity contribution is 5.83. The van der Waals surface area contributed by atoms with Crippen LogP contribution in [0.5, 0.6) is 0 Å². The molecule has 3 aromatic rings. The lowest BCUT2D eigenvalue weighted by Gasteiger charge is -2.03. The maximum Gasteiger partial charge on any atom is 0.0991 e. The molecule has 0 fully saturated rings. The topological polar surface area (TPSA) is 36.1 Å². The summed E-state index contributed by atoms with van der Waals surface area (Å²) in [4.78, 5) is 4.56. The second kappa shape index (κ2) is 8.78. The van der Waals surface area contributed by atoms with Gasteiger partial charge in [0.05, 0.1) is 17.3 Å². The largest absolute Gasteiger partial charge is 0.256 e. The SMILES string of the molecule is CCCCc1ccc(N=Cc2ccc(-c3ccc(C#N)cc3)cc2)cc1. The van der Waals surface area contributed by atoms with Crippen LogP contribution in [0.2, 0.25) is 0 Å². The van der Waals surface area contributed by atoms with Crippen molar-refractivity contribution in [3.63, 3.8) is 0 Å². The van der Waals surface area contributed by atoms with E-state index in [-0.39, 0.29) is 0 Å². The second-order valence-electron chi connectivity index (χ2n) is 6.34. The molecule has 0 bridgehead atoms. The van der Waals surface area contributed by atoms with Crippen molar-refractivity contribution in [2.45, 2.75) is 26.2 Å². The second-order valence-corrected chi connectivity index (χ2v) is 6.34. The van der Waals surface area contributed by atoms with Gasteiger partial charge in [0.1, 0.15) is 0 Å². The van der Waals surface area contributed by atoms with E-state index in [0.29, 0.717) is 5.56 Å². The van der Waals surface area contributed by atoms with Gasteiger partial charge in [-0.05, 0) is 59.4 Å². The molecule has 0 atom stereocenters. The zero-order chi connectivity index (χ0) is 18.2. The number of hydrogen-bond acceptors (Lipinski definition) is 2. The number of nitrogens with zero attached hydrogens (tertiary/aromatic N) is 2. The Morgan fingerprint density at radius 1 is 0.846 bits per heavy atom. The van der Waals surface area contributed by atoms with E-state index in [9.17, 15) is 0 Å². The molecule has 0 aromatic heterocycles. The molecule has 0 saturated heterocycles. The Kier molecular flexibility index (Phi) is 5.96. The Morgan fingerprint density at radius 3 is 2.04 bits per heavy atom. The lowest BCUT2D eigenvalue weighted by molar-refractivity contribution is 0.795. The van der Waals surface area contributed by atoms with Gasteiger partial charge < -0.3 is 0 Å². The van der Waals surface area contributed by atoms with Gasteiger partial charge in [0, 0.05) is 6.21 Å². The minimum Gasteiger partial charge on any atom is -0.256 e. The van der Waals surface area contributed by atoms with Gasteiger partial charge in [0.15, 0.2) is 0 Å². The molecule has 2 heteroatoms. The summed E-state index contributed by atoms with van der Waals surface area (Å²) >= 11 is 0. The fourth-order valence-electron chi connectivity index (χ4n) is 2.78. The van der Waals surface area contributed by atoms with E-state index >= 15 is 0 Å². The van der Waals surface area contributed by atoms with E-state index in [1.807, 2.05) is 30.5 Å². The van der Waals surface area contributed by atoms with E-state index in [4.69, 9.17) is 5.26 Å². The average molecular weight is 338 g/mol. The number of rotatable bonds is 6. The van der Waals surface area contributed by atoms with Crippen LogP contribution in [0.25, 0.3) is 11.1 Å². The van der Waals surface area contributed by atoms with Gasteiger partial charge in [-0.2, -0.15) is 5.26 Å². The van der Waals surface area contributed by atoms with Crippen LogP contribution in [0.4, 0.5) is 5.69 Å². The first-order valence-electron chi connectivity index (χ1n) is 9.02. The van der Waals surface area contributed by atoms with E-state index in [1.54, 1.807) is 0 Å². The van der Waals surface area contributed by atoms with Gasteiger partial charge in [0.25, 0.3) is 0 Å². The number of aliphatic imine (C=N–C) groups is 1. The first-order chi connectivity index (χ1) is 12.8. The molecule has 26 heavy (non-hydrogen) atoms. The Morgan fingerprint density at radius 2 is 1.46 bits per heavy atom. The zero-order valence-electron chi connectivity index (χ0n) is 15.0. The third-order valence-electron chi connectivity index (χ3n) is 4.38. The van der Waals surface area contributed by atoms with Gasteiger partial charge in [0.2, 0.25) is 0 Å². The van der Waals surface area contributed by atoms with Crippen molar-refractivity contribution in [1.29, 1.82) is 5.26 Å². The van der Waals surface area contributed by atoms with Crippen molar-refractivity contribution in [3.05, 3.63) is 89.5 Å². The fourth-order valence-corrected chi connectivity index (χ4v) is 2.78. The van der Waals surface area contributed by atoms with Crippen molar-refractivity contribution in [3.8, 4) is 17.2 Å². The van der Waals surface area contributed by atoms with Crippen LogP contribution in [-0.4, -0.2) is 6.21 Å². The molecule has 0 heterocycles. The average Bonchev–Trinajstić information content (AvgIpc) is 2.72. The van der Waals surface area contributed by atoms with Crippen LogP contribution >= 0.6 is 0 Å². The highest BCUT2D eigenvalue weighted by Crippen LogP contribution is 2.20. The molecule has 0 aliphatic rings. The van der Waals surface area contributed by atoms with Crippen LogP contribution in [0.1, 0.15) is 36.5 Å². The number of aryl methyl sites for hydroxylation is 1. The van der Waals surface area contributed by atoms with Crippen molar-refractivity contribution in [2.24, 2.45) is 4.99 Å². The molecule has 0 aliphatic heterocycles. The molecule has 2 nitrogen and oxygen atoms in total. The Bertz CT molecular complexity index is 896. The first-order valence-corrected chi connectivity index (χ1v) is 9.02. The summed E-state index contributed by atoms with van der Waals surface area (Å²) in [5.41, 5.74) is 6.33. The van der Waals surface area contributed by atoms with Crippen molar-refractivity contribution >= 4 is 11.9 Å². The Labute approximate surface area is 155 Å². The highest BCUT2D eigenvalue weighted by Gasteiger charge is 1.98. The summed E-state index contributed by atoms with van der Waals surface area (Å²) in [6.07, 6.45) is 5.48. The molecule has 0 spiro atoms. The van der Waals surface area contributed by atoms with E-state index in [1.165, 1.54) is 18.4 Å². The van der Waals surface area contributed by atoms with Crippen LogP contribution in [0, 0.1) is 11.3 Å². The van der Waals surface area contributed by atoms with Crippen LogP contribution in [-0.2, 0) is 6.42 Å². The monoisotopic (exact) mass is 338 g/mol. The Balaban J connectivity index is 1.66. The highest BCUT2D eigenvalue weighted by atomic mass is 14.7. The van der Waals surface area contributed by atoms with Crippen molar-refractivity contribution in [1.82, 2.24) is 0 Å². The van der Waals surface area contributed by atoms with E-state index in [2.05, 4.69) is 66.5 Å². The zero-order valence-corrected chi connectivity index (χ0v) is 15.0. The standard InChI is InChI=1S/C24H22N2/c1-2-3-4-19-9-15-24(16-10-19)26-18-21-7-13-23(14-8-21)22-11-5-20(17-25)6-12-22/h5-16,18H,2-4H2,1H3. The molecule has 128 valence electrons. The number of unbranched alkanes of at least 4 members (excludes halogenated alkanes) is 1. The predicted octanol–water partition coefficient (Wildman–Crippen LogP) is 6.32. The fraction of sp³-hybridized carbons (Fsp3) is 0.167. The summed E-state index contributed by atoms with van der Waals surface area (Å²) < 4.78 is 0. The molecule has 0 saturated carbocycles. The molecular weight excluding hydrogens is 316 g/mol. The Hall–Kier alpha value is -3.18. The molecule has 0 unspecified atom stereocenters. The molecular formula is C24H22N2. The lowest BCUT2D eigenvalue weighted by atomic mass is 10.0. The molecule has 3 aromatic carbocycles. The van der Waals surface area contributed by atoms with Gasteiger partial charge in [-0.15, -0.1) is 0 Å². The third-order valence-corrected chi connectivity index (χ3v) is 4.38. The summed E-state index contributed by atoms with van der Waals surface area (Å²) in [7, 11) is 0. The van der Waals surface area contributed by atoms with E-state index in [0.717, 1.165) is 28.8 Å². The molecule has 0 radical (unpaired) electrons. The molecule has 0 amide bonds. The van der Waals surface area contributed by atoms with Crippen LogP contribution in [0.15, 0.2) is 77.8 Å². The van der Waals surface area contributed by atoms with Crippen molar-refractivity contribution < 1.29 is 0 Å². The maximum absolute atomic E-state index is 8.88. The summed E-state index contributed by atoms with van der Waals surface area (Å²) in [5.74, 6) is 0. The summed E-state index contributed by atoms with van der Waals surface area (Å²) in [6.45, 7) is 2.21. The van der Waals surface area contributed by atoms with Gasteiger partial charge in [-0.25, -0.2) is 0 Å². The maximum atomic E-state index is 8.88. The van der Waals surface area contributed by atoms with Crippen LogP contribution in [0.3, 0.4) is 0 Å². The number of benzene rings is 3. The summed E-state index contributed by atoms with van der Waals surface area (Å²) in [6, 6.07) is 26.5. The quantitative estimate of drug-likeness (QED) is 0.484. The molecule has 0 N–H and O–H groups in total. The van der Waals surface area contributed by atoms with E-state index < -0.39 is 0 Å². The summed E-state index contributed by atoms with van der Waals surface area (Å²) in [5, 5.41) is 8.88. The van der Waals surface area contributed by atoms with Crippen LogP contribution < -0.4 is 0 Å². The predicted molar refractivity (Wildman–Crippen MR) is 109 cm³/mol. The first kappa shape index (κ1) is 17.6. The smallest absolute Gasteiger partial charge is 0.0991 e. The van der Waals surface area contributed by atoms with Gasteiger partial charge in [-0.3, -0.25) is 4.99 Å². The molecule has 3 rings (SSSR count). The molecule has 0 aliphatic carbocycles. The number of nitriles is 1. The van der Waals surface area contributed by atoms with Gasteiger partial charge >= 0.3 is 0 Å². The van der Waals surface area contributed by atoms with Crippen molar-refractivity contribution in [2.75, 3.05) is 0 Å². The normalized spacial score (nSPS) is 10.8. The minimum atomic E-state index is 0.679. The third kappa shape index (κ3) is 4.68. The number of hydrogen-bond donors (Lipinski definition) is 0. The van der Waals surface area contributed by atoms with Gasteiger partial charge in [-0.1, -0.05) is 61.9 Å². The lowest BCUT2D eigenvalue weighted by Crippen LogP contribution is -1.84. The minimum absolute atomic E-state index is 0.679.